The molecule has 1 N–H and O–H groups in total. The van der Waals surface area contributed by atoms with Crippen molar-refractivity contribution in [2.24, 2.45) is 0 Å². The van der Waals surface area contributed by atoms with Crippen molar-refractivity contribution in [1.82, 2.24) is 5.32 Å². The molecule has 0 saturated heterocycles. The first-order valence-electron chi connectivity index (χ1n) is 6.47. The highest BCUT2D eigenvalue weighted by atomic mass is 16.5. The van der Waals surface area contributed by atoms with Crippen molar-refractivity contribution in [1.29, 1.82) is 0 Å². The van der Waals surface area contributed by atoms with Gasteiger partial charge in [0.05, 0.1) is 13.7 Å². The summed E-state index contributed by atoms with van der Waals surface area (Å²) in [7, 11) is 1.68. The molecule has 0 radical (unpaired) electrons. The molecule has 3 heteroatoms. The van der Waals surface area contributed by atoms with Gasteiger partial charge in [-0.25, -0.2) is 0 Å². The van der Waals surface area contributed by atoms with Crippen molar-refractivity contribution in [3.63, 3.8) is 0 Å². The van der Waals surface area contributed by atoms with Crippen molar-refractivity contribution in [2.45, 2.75) is 32.4 Å². The highest BCUT2D eigenvalue weighted by Crippen LogP contribution is 2.25. The molecular weight excluding hydrogens is 226 g/mol. The molecule has 98 valence electrons. The van der Waals surface area contributed by atoms with Gasteiger partial charge in [0.1, 0.15) is 11.5 Å². The van der Waals surface area contributed by atoms with Crippen LogP contribution in [0.1, 0.15) is 30.9 Å². The van der Waals surface area contributed by atoms with E-state index in [-0.39, 0.29) is 0 Å². The quantitative estimate of drug-likeness (QED) is 0.751. The molecular formula is C15H21NO2. The molecule has 0 bridgehead atoms. The minimum absolute atomic E-state index is 0.639. The Kier molecular flexibility index (Phi) is 4.26. The van der Waals surface area contributed by atoms with Gasteiger partial charge in [0.2, 0.25) is 0 Å². The summed E-state index contributed by atoms with van der Waals surface area (Å²) in [5, 5.41) is 3.51. The Labute approximate surface area is 109 Å². The molecule has 2 rings (SSSR count). The lowest BCUT2D eigenvalue weighted by atomic mass is 10.1. The van der Waals surface area contributed by atoms with Crippen LogP contribution in [0.25, 0.3) is 5.76 Å². The van der Waals surface area contributed by atoms with Crippen LogP contribution in [-0.2, 0) is 11.3 Å². The molecule has 1 aromatic rings. The van der Waals surface area contributed by atoms with Crippen LogP contribution in [0.4, 0.5) is 0 Å². The third-order valence-electron chi connectivity index (χ3n) is 3.09. The summed E-state index contributed by atoms with van der Waals surface area (Å²) >= 11 is 0. The van der Waals surface area contributed by atoms with Crippen LogP contribution in [0.5, 0.6) is 5.75 Å². The summed E-state index contributed by atoms with van der Waals surface area (Å²) in [6.07, 6.45) is 2.57. The summed E-state index contributed by atoms with van der Waals surface area (Å²) in [6, 6.07) is 6.69. The summed E-state index contributed by atoms with van der Waals surface area (Å²) in [5.41, 5.74) is 2.24. The van der Waals surface area contributed by atoms with Gasteiger partial charge in [0, 0.05) is 18.2 Å². The number of rotatable bonds is 7. The fourth-order valence-electron chi connectivity index (χ4n) is 1.91. The average molecular weight is 247 g/mol. The highest BCUT2D eigenvalue weighted by molar-refractivity contribution is 5.62. The van der Waals surface area contributed by atoms with E-state index in [4.69, 9.17) is 9.47 Å². The van der Waals surface area contributed by atoms with Gasteiger partial charge in [-0.1, -0.05) is 6.58 Å². The minimum atomic E-state index is 0.639. The van der Waals surface area contributed by atoms with Crippen molar-refractivity contribution in [3.8, 4) is 5.75 Å². The SMILES string of the molecule is C=C(OCC)c1ccc(OC)cc1CNC1CC1. The Balaban J connectivity index is 2.16. The van der Waals surface area contributed by atoms with E-state index in [9.17, 15) is 0 Å². The summed E-state index contributed by atoms with van der Waals surface area (Å²) in [5.74, 6) is 1.60. The standard InChI is InChI=1S/C15H21NO2/c1-4-18-11(2)15-8-7-14(17-3)9-12(15)10-16-13-5-6-13/h7-9,13,16H,2,4-6,10H2,1,3H3. The zero-order valence-electron chi connectivity index (χ0n) is 11.2. The van der Waals surface area contributed by atoms with Crippen LogP contribution < -0.4 is 10.1 Å². The molecule has 0 aromatic heterocycles. The normalized spacial score (nSPS) is 14.3. The van der Waals surface area contributed by atoms with E-state index in [0.717, 1.165) is 23.6 Å². The molecule has 0 unspecified atom stereocenters. The van der Waals surface area contributed by atoms with E-state index in [2.05, 4.69) is 18.0 Å². The van der Waals surface area contributed by atoms with E-state index in [1.54, 1.807) is 7.11 Å². The second-order valence-electron chi connectivity index (χ2n) is 4.53. The maximum atomic E-state index is 5.50. The Morgan fingerprint density at radius 1 is 1.44 bits per heavy atom. The van der Waals surface area contributed by atoms with Gasteiger partial charge in [-0.2, -0.15) is 0 Å². The molecule has 0 aliphatic heterocycles. The number of benzene rings is 1. The van der Waals surface area contributed by atoms with E-state index < -0.39 is 0 Å². The summed E-state index contributed by atoms with van der Waals surface area (Å²) in [6.45, 7) is 7.43. The molecule has 1 saturated carbocycles. The maximum absolute atomic E-state index is 5.50. The zero-order valence-corrected chi connectivity index (χ0v) is 11.2. The number of hydrogen-bond acceptors (Lipinski definition) is 3. The van der Waals surface area contributed by atoms with Crippen LogP contribution in [-0.4, -0.2) is 19.8 Å². The molecule has 0 amide bonds. The third-order valence-corrected chi connectivity index (χ3v) is 3.09. The Hall–Kier alpha value is -1.48. The largest absolute Gasteiger partial charge is 0.497 e. The van der Waals surface area contributed by atoms with E-state index in [1.807, 2.05) is 19.1 Å². The first kappa shape index (κ1) is 13.0. The Morgan fingerprint density at radius 2 is 2.22 bits per heavy atom. The first-order valence-corrected chi connectivity index (χ1v) is 6.47. The minimum Gasteiger partial charge on any atom is -0.497 e. The molecule has 0 spiro atoms. The number of hydrogen-bond donors (Lipinski definition) is 1. The van der Waals surface area contributed by atoms with E-state index in [0.29, 0.717) is 12.6 Å². The lowest BCUT2D eigenvalue weighted by Gasteiger charge is -2.14. The van der Waals surface area contributed by atoms with Gasteiger partial charge in [-0.3, -0.25) is 0 Å². The Bertz CT molecular complexity index is 425. The van der Waals surface area contributed by atoms with Crippen LogP contribution in [0.3, 0.4) is 0 Å². The highest BCUT2D eigenvalue weighted by Gasteiger charge is 2.21. The Morgan fingerprint density at radius 3 is 2.83 bits per heavy atom. The van der Waals surface area contributed by atoms with Crippen molar-refractivity contribution in [3.05, 3.63) is 35.9 Å². The lowest BCUT2D eigenvalue weighted by molar-refractivity contribution is 0.298. The summed E-state index contributed by atoms with van der Waals surface area (Å²) < 4.78 is 10.8. The fourth-order valence-corrected chi connectivity index (χ4v) is 1.91. The molecule has 0 heterocycles. The predicted octanol–water partition coefficient (Wildman–Crippen LogP) is 2.95. The average Bonchev–Trinajstić information content (AvgIpc) is 3.20. The zero-order chi connectivity index (χ0) is 13.0. The second kappa shape index (κ2) is 5.91. The van der Waals surface area contributed by atoms with Gasteiger partial charge in [-0.15, -0.1) is 0 Å². The third kappa shape index (κ3) is 3.26. The number of methoxy groups -OCH3 is 1. The fraction of sp³-hybridized carbons (Fsp3) is 0.467. The molecule has 1 aromatic carbocycles. The molecule has 1 aliphatic carbocycles. The number of ether oxygens (including phenoxy) is 2. The van der Waals surface area contributed by atoms with Gasteiger partial charge in [-0.05, 0) is 43.5 Å². The lowest BCUT2D eigenvalue weighted by Crippen LogP contribution is -2.16. The van der Waals surface area contributed by atoms with E-state index in [1.165, 1.54) is 18.4 Å². The monoisotopic (exact) mass is 247 g/mol. The van der Waals surface area contributed by atoms with Crippen molar-refractivity contribution in [2.75, 3.05) is 13.7 Å². The molecule has 18 heavy (non-hydrogen) atoms. The van der Waals surface area contributed by atoms with Gasteiger partial charge in [0.25, 0.3) is 0 Å². The smallest absolute Gasteiger partial charge is 0.119 e. The van der Waals surface area contributed by atoms with Gasteiger partial charge < -0.3 is 14.8 Å². The van der Waals surface area contributed by atoms with Crippen molar-refractivity contribution < 1.29 is 9.47 Å². The van der Waals surface area contributed by atoms with Crippen molar-refractivity contribution >= 4 is 5.76 Å². The molecule has 1 fully saturated rings. The van der Waals surface area contributed by atoms with E-state index >= 15 is 0 Å². The first-order chi connectivity index (χ1) is 8.74. The van der Waals surface area contributed by atoms with Gasteiger partial charge in [0.15, 0.2) is 0 Å². The molecule has 1 aliphatic rings. The summed E-state index contributed by atoms with van der Waals surface area (Å²) in [4.78, 5) is 0. The second-order valence-corrected chi connectivity index (χ2v) is 4.53. The predicted molar refractivity (Wildman–Crippen MR) is 73.5 cm³/mol. The van der Waals surface area contributed by atoms with Crippen LogP contribution in [0, 0.1) is 0 Å². The molecule has 0 atom stereocenters. The number of nitrogens with one attached hydrogen (secondary N) is 1. The van der Waals surface area contributed by atoms with Crippen LogP contribution >= 0.6 is 0 Å². The van der Waals surface area contributed by atoms with Gasteiger partial charge >= 0.3 is 0 Å². The van der Waals surface area contributed by atoms with Crippen LogP contribution in [0.15, 0.2) is 24.8 Å². The maximum Gasteiger partial charge on any atom is 0.119 e. The van der Waals surface area contributed by atoms with Crippen LogP contribution in [0.2, 0.25) is 0 Å². The topological polar surface area (TPSA) is 30.5 Å². The molecule has 3 nitrogen and oxygen atoms in total.